The van der Waals surface area contributed by atoms with Gasteiger partial charge in [0.05, 0.1) is 22.7 Å². The molecule has 3 aromatic carbocycles. The van der Waals surface area contributed by atoms with E-state index in [0.717, 1.165) is 41.4 Å². The second-order valence-corrected chi connectivity index (χ2v) is 6.76. The van der Waals surface area contributed by atoms with Crippen LogP contribution in [0.2, 0.25) is 0 Å². The number of benzene rings is 3. The highest BCUT2D eigenvalue weighted by molar-refractivity contribution is 5.51. The number of rotatable bonds is 9. The summed E-state index contributed by atoms with van der Waals surface area (Å²) in [7, 11) is 0. The highest BCUT2D eigenvalue weighted by Gasteiger charge is 1.96. The van der Waals surface area contributed by atoms with Crippen LogP contribution < -0.4 is 5.32 Å². The molecule has 0 amide bonds. The van der Waals surface area contributed by atoms with Gasteiger partial charge in [-0.2, -0.15) is 20.5 Å². The van der Waals surface area contributed by atoms with Gasteiger partial charge in [0.1, 0.15) is 0 Å². The second kappa shape index (κ2) is 10.9. The molecule has 0 radical (unpaired) electrons. The lowest BCUT2D eigenvalue weighted by atomic mass is 10.1. The molecular formula is C24H27N5. The maximum absolute atomic E-state index is 4.31. The predicted molar refractivity (Wildman–Crippen MR) is 120 cm³/mol. The summed E-state index contributed by atoms with van der Waals surface area (Å²) in [6, 6.07) is 23.7. The van der Waals surface area contributed by atoms with Gasteiger partial charge in [-0.15, -0.1) is 0 Å². The van der Waals surface area contributed by atoms with Crippen LogP contribution in [0, 0.1) is 0 Å². The predicted octanol–water partition coefficient (Wildman–Crippen LogP) is 8.29. The van der Waals surface area contributed by atoms with Crippen LogP contribution >= 0.6 is 0 Å². The highest BCUT2D eigenvalue weighted by atomic mass is 15.1. The Hall–Kier alpha value is -3.34. The van der Waals surface area contributed by atoms with Crippen molar-refractivity contribution in [3.63, 3.8) is 0 Å². The van der Waals surface area contributed by atoms with Crippen LogP contribution in [0.25, 0.3) is 0 Å². The molecule has 0 aliphatic carbocycles. The van der Waals surface area contributed by atoms with Gasteiger partial charge in [-0.3, -0.25) is 0 Å². The Morgan fingerprint density at radius 3 is 1.41 bits per heavy atom. The van der Waals surface area contributed by atoms with Crippen molar-refractivity contribution in [2.75, 3.05) is 11.9 Å². The van der Waals surface area contributed by atoms with Crippen LogP contribution in [0.3, 0.4) is 0 Å². The van der Waals surface area contributed by atoms with Crippen LogP contribution in [-0.4, -0.2) is 6.54 Å². The van der Waals surface area contributed by atoms with Crippen molar-refractivity contribution in [2.24, 2.45) is 20.5 Å². The van der Waals surface area contributed by atoms with Crippen molar-refractivity contribution in [3.05, 3.63) is 78.4 Å². The summed E-state index contributed by atoms with van der Waals surface area (Å²) in [4.78, 5) is 0. The van der Waals surface area contributed by atoms with E-state index in [-0.39, 0.29) is 0 Å². The molecule has 5 heteroatoms. The molecule has 0 aromatic heterocycles. The SMILES string of the molecule is CCCCc1ccc(N=Nc2ccc(N=Nc3ccc(NCC)cc3)cc2)cc1. The number of anilines is 1. The Kier molecular flexibility index (Phi) is 7.63. The molecule has 3 rings (SSSR count). The number of aryl methyl sites for hydroxylation is 1. The number of hydrogen-bond acceptors (Lipinski definition) is 5. The molecule has 0 fully saturated rings. The van der Waals surface area contributed by atoms with E-state index < -0.39 is 0 Å². The average molecular weight is 386 g/mol. The standard InChI is InChI=1S/C24H27N5/c1-3-5-6-19-7-9-21(10-8-19)26-28-23-15-17-24(18-16-23)29-27-22-13-11-20(12-14-22)25-4-2/h7-18,25H,3-6H2,1-2H3. The molecular weight excluding hydrogens is 358 g/mol. The van der Waals surface area contributed by atoms with Crippen LogP contribution in [-0.2, 0) is 6.42 Å². The molecule has 0 aliphatic heterocycles. The van der Waals surface area contributed by atoms with Crippen molar-refractivity contribution in [1.82, 2.24) is 0 Å². The minimum Gasteiger partial charge on any atom is -0.385 e. The molecule has 1 N–H and O–H groups in total. The van der Waals surface area contributed by atoms with E-state index in [2.05, 4.69) is 51.8 Å². The van der Waals surface area contributed by atoms with Crippen molar-refractivity contribution >= 4 is 28.4 Å². The lowest BCUT2D eigenvalue weighted by molar-refractivity contribution is 0.795. The first-order chi connectivity index (χ1) is 14.3. The summed E-state index contributed by atoms with van der Waals surface area (Å²) in [5.41, 5.74) is 5.66. The fraction of sp³-hybridized carbons (Fsp3) is 0.250. The molecule has 29 heavy (non-hydrogen) atoms. The van der Waals surface area contributed by atoms with Crippen LogP contribution in [0.4, 0.5) is 28.4 Å². The number of azo groups is 2. The number of nitrogens with zero attached hydrogens (tertiary/aromatic N) is 4. The molecule has 0 saturated carbocycles. The fourth-order valence-corrected chi connectivity index (χ4v) is 2.78. The highest BCUT2D eigenvalue weighted by Crippen LogP contribution is 2.24. The van der Waals surface area contributed by atoms with Crippen LogP contribution in [0.1, 0.15) is 32.3 Å². The monoisotopic (exact) mass is 385 g/mol. The van der Waals surface area contributed by atoms with E-state index >= 15 is 0 Å². The number of unbranched alkanes of at least 4 members (excludes halogenated alkanes) is 1. The Labute approximate surface area is 172 Å². The normalized spacial score (nSPS) is 11.4. The molecule has 0 heterocycles. The third-order valence-corrected chi connectivity index (χ3v) is 4.42. The lowest BCUT2D eigenvalue weighted by Gasteiger charge is -2.01. The van der Waals surface area contributed by atoms with Crippen LogP contribution in [0.5, 0.6) is 0 Å². The summed E-state index contributed by atoms with van der Waals surface area (Å²) < 4.78 is 0. The summed E-state index contributed by atoms with van der Waals surface area (Å²) in [6.07, 6.45) is 3.54. The van der Waals surface area contributed by atoms with E-state index in [1.807, 2.05) is 60.7 Å². The quantitative estimate of drug-likeness (QED) is 0.370. The van der Waals surface area contributed by atoms with Crippen molar-refractivity contribution < 1.29 is 0 Å². The van der Waals surface area contributed by atoms with Gasteiger partial charge in [0.25, 0.3) is 0 Å². The summed E-state index contributed by atoms with van der Waals surface area (Å²) in [6.45, 7) is 5.17. The van der Waals surface area contributed by atoms with E-state index in [9.17, 15) is 0 Å². The van der Waals surface area contributed by atoms with E-state index in [1.165, 1.54) is 18.4 Å². The first-order valence-electron chi connectivity index (χ1n) is 10.1. The molecule has 0 saturated heterocycles. The van der Waals surface area contributed by atoms with Crippen molar-refractivity contribution in [3.8, 4) is 0 Å². The molecule has 148 valence electrons. The van der Waals surface area contributed by atoms with Crippen molar-refractivity contribution in [1.29, 1.82) is 0 Å². The maximum atomic E-state index is 4.31. The Morgan fingerprint density at radius 1 is 0.586 bits per heavy atom. The zero-order chi connectivity index (χ0) is 20.3. The average Bonchev–Trinajstić information content (AvgIpc) is 2.77. The first kappa shape index (κ1) is 20.4. The van der Waals surface area contributed by atoms with Crippen LogP contribution in [0.15, 0.2) is 93.3 Å². The second-order valence-electron chi connectivity index (χ2n) is 6.76. The van der Waals surface area contributed by atoms with Gasteiger partial charge < -0.3 is 5.32 Å². The molecule has 0 atom stereocenters. The summed E-state index contributed by atoms with van der Waals surface area (Å²) in [5.74, 6) is 0. The largest absolute Gasteiger partial charge is 0.385 e. The number of hydrogen-bond donors (Lipinski definition) is 1. The molecule has 5 nitrogen and oxygen atoms in total. The minimum absolute atomic E-state index is 0.778. The molecule has 0 spiro atoms. The molecule has 3 aromatic rings. The fourth-order valence-electron chi connectivity index (χ4n) is 2.78. The zero-order valence-corrected chi connectivity index (χ0v) is 17.0. The topological polar surface area (TPSA) is 61.5 Å². The molecule has 0 aliphatic rings. The lowest BCUT2D eigenvalue weighted by Crippen LogP contribution is -1.94. The van der Waals surface area contributed by atoms with Gasteiger partial charge in [-0.1, -0.05) is 25.5 Å². The Balaban J connectivity index is 1.57. The summed E-state index contributed by atoms with van der Waals surface area (Å²) in [5, 5.41) is 20.4. The number of nitrogens with one attached hydrogen (secondary N) is 1. The third-order valence-electron chi connectivity index (χ3n) is 4.42. The smallest absolute Gasteiger partial charge is 0.0858 e. The molecule has 0 unspecified atom stereocenters. The summed E-state index contributed by atoms with van der Waals surface area (Å²) >= 11 is 0. The van der Waals surface area contributed by atoms with Gasteiger partial charge in [0.2, 0.25) is 0 Å². The minimum atomic E-state index is 0.778. The van der Waals surface area contributed by atoms with Gasteiger partial charge in [-0.25, -0.2) is 0 Å². The van der Waals surface area contributed by atoms with Gasteiger partial charge in [0.15, 0.2) is 0 Å². The van der Waals surface area contributed by atoms with Gasteiger partial charge in [-0.05, 0) is 86.0 Å². The maximum Gasteiger partial charge on any atom is 0.0858 e. The first-order valence-corrected chi connectivity index (χ1v) is 10.1. The zero-order valence-electron chi connectivity index (χ0n) is 17.0. The van der Waals surface area contributed by atoms with Gasteiger partial charge in [0, 0.05) is 12.2 Å². The Bertz CT molecular complexity index is 927. The van der Waals surface area contributed by atoms with Gasteiger partial charge >= 0.3 is 0 Å². The van der Waals surface area contributed by atoms with Crippen molar-refractivity contribution in [2.45, 2.75) is 33.1 Å². The third kappa shape index (κ3) is 6.64. The van der Waals surface area contributed by atoms with E-state index in [0.29, 0.717) is 0 Å². The Morgan fingerprint density at radius 2 is 1.00 bits per heavy atom. The van der Waals surface area contributed by atoms with E-state index in [1.54, 1.807) is 0 Å². The molecule has 0 bridgehead atoms. The van der Waals surface area contributed by atoms with E-state index in [4.69, 9.17) is 0 Å².